The monoisotopic (exact) mass is 323 g/mol. The van der Waals surface area contributed by atoms with Gasteiger partial charge in [-0.25, -0.2) is 0 Å². The van der Waals surface area contributed by atoms with Crippen molar-refractivity contribution in [2.75, 3.05) is 0 Å². The molecule has 1 aliphatic carbocycles. The van der Waals surface area contributed by atoms with E-state index in [-0.39, 0.29) is 43.3 Å². The Balaban J connectivity index is -0.0000000450. The zero-order chi connectivity index (χ0) is 4.41. The summed E-state index contributed by atoms with van der Waals surface area (Å²) >= 11 is 0. The smallest absolute Gasteiger partial charge is 0.358 e. The van der Waals surface area contributed by atoms with Crippen LogP contribution in [-0.4, -0.2) is 0 Å². The SMILES string of the molecule is C[C-]1CCCC1.[CH3-].[CH3-].[CH3-].[Pt+4]. The molecular formula is C9H20Pt. The quantitative estimate of drug-likeness (QED) is 0.599. The molecule has 1 aliphatic rings. The Morgan fingerprint density at radius 3 is 1.30 bits per heavy atom. The standard InChI is InChI=1S/C6H11.3CH3.Pt/c1-6-4-2-3-5-6;;;;/h2-5H2,1H3;3*1H3;/q4*-1;+4. The molecule has 0 aliphatic heterocycles. The van der Waals surface area contributed by atoms with Crippen molar-refractivity contribution in [1.82, 2.24) is 0 Å². The van der Waals surface area contributed by atoms with Gasteiger partial charge in [-0.3, -0.25) is 0 Å². The molecule has 66 valence electrons. The Hall–Kier alpha value is 0.688. The van der Waals surface area contributed by atoms with Crippen molar-refractivity contribution in [3.8, 4) is 0 Å². The van der Waals surface area contributed by atoms with E-state index in [4.69, 9.17) is 0 Å². The van der Waals surface area contributed by atoms with Gasteiger partial charge in [0.2, 0.25) is 0 Å². The summed E-state index contributed by atoms with van der Waals surface area (Å²) < 4.78 is 0. The third-order valence-corrected chi connectivity index (χ3v) is 1.46. The van der Waals surface area contributed by atoms with E-state index in [0.717, 1.165) is 0 Å². The van der Waals surface area contributed by atoms with E-state index in [1.807, 2.05) is 0 Å². The van der Waals surface area contributed by atoms with Crippen molar-refractivity contribution in [2.45, 2.75) is 32.6 Å². The molecule has 1 saturated carbocycles. The fourth-order valence-electron chi connectivity index (χ4n) is 0.979. The van der Waals surface area contributed by atoms with Crippen LogP contribution in [0.25, 0.3) is 0 Å². The molecule has 0 nitrogen and oxygen atoms in total. The van der Waals surface area contributed by atoms with Gasteiger partial charge < -0.3 is 28.2 Å². The van der Waals surface area contributed by atoms with Gasteiger partial charge in [-0.2, -0.15) is 19.8 Å². The number of hydrogen-bond donors (Lipinski definition) is 0. The molecule has 0 aromatic carbocycles. The Morgan fingerprint density at radius 1 is 0.900 bits per heavy atom. The minimum Gasteiger partial charge on any atom is -0.358 e. The third kappa shape index (κ3) is 8.69. The fourth-order valence-corrected chi connectivity index (χ4v) is 0.979. The molecule has 0 N–H and O–H groups in total. The molecule has 0 radical (unpaired) electrons. The van der Waals surface area contributed by atoms with Crippen molar-refractivity contribution in [3.63, 3.8) is 0 Å². The fraction of sp³-hybridized carbons (Fsp3) is 0.556. The van der Waals surface area contributed by atoms with Crippen LogP contribution in [0.1, 0.15) is 32.6 Å². The van der Waals surface area contributed by atoms with E-state index in [1.54, 1.807) is 5.92 Å². The Bertz CT molecular complexity index is 38.0. The van der Waals surface area contributed by atoms with Crippen molar-refractivity contribution in [1.29, 1.82) is 0 Å². The molecule has 1 rings (SSSR count). The zero-order valence-electron chi connectivity index (χ0n) is 7.64. The maximum atomic E-state index is 2.26. The summed E-state index contributed by atoms with van der Waals surface area (Å²) in [5.41, 5.74) is 0. The molecule has 1 heteroatoms. The van der Waals surface area contributed by atoms with Crippen molar-refractivity contribution >= 4 is 0 Å². The van der Waals surface area contributed by atoms with Crippen LogP contribution >= 0.6 is 0 Å². The van der Waals surface area contributed by atoms with Gasteiger partial charge in [-0.05, 0) is 0 Å². The van der Waals surface area contributed by atoms with E-state index < -0.39 is 0 Å². The van der Waals surface area contributed by atoms with Gasteiger partial charge >= 0.3 is 21.1 Å². The van der Waals surface area contributed by atoms with Gasteiger partial charge in [0.15, 0.2) is 0 Å². The van der Waals surface area contributed by atoms with Gasteiger partial charge in [0.25, 0.3) is 0 Å². The van der Waals surface area contributed by atoms with Crippen molar-refractivity contribution in [3.05, 3.63) is 28.2 Å². The molecule has 0 aromatic rings. The molecular weight excluding hydrogens is 303 g/mol. The minimum atomic E-state index is 0. The van der Waals surface area contributed by atoms with E-state index in [9.17, 15) is 0 Å². The first kappa shape index (κ1) is 22.4. The van der Waals surface area contributed by atoms with Crippen molar-refractivity contribution < 1.29 is 21.1 Å². The second-order valence-corrected chi connectivity index (χ2v) is 2.16. The van der Waals surface area contributed by atoms with Crippen LogP contribution in [0.3, 0.4) is 0 Å². The molecule has 1 fully saturated rings. The predicted octanol–water partition coefficient (Wildman–Crippen LogP) is 3.50. The van der Waals surface area contributed by atoms with Gasteiger partial charge in [0, 0.05) is 0 Å². The maximum absolute atomic E-state index is 2.26. The van der Waals surface area contributed by atoms with Gasteiger partial charge in [0.1, 0.15) is 0 Å². The average molecular weight is 323 g/mol. The van der Waals surface area contributed by atoms with Gasteiger partial charge in [0.05, 0.1) is 0 Å². The van der Waals surface area contributed by atoms with E-state index in [2.05, 4.69) is 6.92 Å². The van der Waals surface area contributed by atoms with E-state index in [0.29, 0.717) is 0 Å². The van der Waals surface area contributed by atoms with Crippen LogP contribution in [0.4, 0.5) is 0 Å². The molecule has 0 spiro atoms. The number of hydrogen-bond acceptors (Lipinski definition) is 0. The van der Waals surface area contributed by atoms with Crippen LogP contribution < -0.4 is 0 Å². The third-order valence-electron chi connectivity index (χ3n) is 1.46. The summed E-state index contributed by atoms with van der Waals surface area (Å²) in [6.07, 6.45) is 5.71. The summed E-state index contributed by atoms with van der Waals surface area (Å²) in [4.78, 5) is 0. The largest absolute Gasteiger partial charge is 4.00 e. The summed E-state index contributed by atoms with van der Waals surface area (Å²) in [7, 11) is 0. The zero-order valence-corrected chi connectivity index (χ0v) is 9.92. The van der Waals surface area contributed by atoms with Crippen LogP contribution in [0, 0.1) is 28.2 Å². The molecule has 0 atom stereocenters. The van der Waals surface area contributed by atoms with Crippen LogP contribution in [0.2, 0.25) is 0 Å². The normalized spacial score (nSPS) is 15.3. The molecule has 0 saturated heterocycles. The van der Waals surface area contributed by atoms with Gasteiger partial charge in [-0.15, -0.1) is 0 Å². The molecule has 10 heavy (non-hydrogen) atoms. The first-order chi connectivity index (χ1) is 2.89. The average Bonchev–Trinajstić information content (AvgIpc) is 1.86. The first-order valence-electron chi connectivity index (χ1n) is 2.71. The second-order valence-electron chi connectivity index (χ2n) is 2.16. The Morgan fingerprint density at radius 2 is 1.20 bits per heavy atom. The topological polar surface area (TPSA) is 0 Å². The Labute approximate surface area is 82.1 Å². The second kappa shape index (κ2) is 12.4. The predicted molar refractivity (Wildman–Crippen MR) is 46.6 cm³/mol. The summed E-state index contributed by atoms with van der Waals surface area (Å²) in [5, 5.41) is 0. The minimum absolute atomic E-state index is 0. The Kier molecular flexibility index (Phi) is 27.7. The summed E-state index contributed by atoms with van der Waals surface area (Å²) in [5.74, 6) is 1.70. The molecule has 0 aromatic heterocycles. The van der Waals surface area contributed by atoms with Crippen LogP contribution in [0.5, 0.6) is 0 Å². The van der Waals surface area contributed by atoms with Crippen LogP contribution in [0.15, 0.2) is 0 Å². The number of rotatable bonds is 0. The molecule has 0 bridgehead atoms. The van der Waals surface area contributed by atoms with E-state index in [1.165, 1.54) is 25.7 Å². The van der Waals surface area contributed by atoms with E-state index >= 15 is 0 Å². The molecule has 0 amide bonds. The van der Waals surface area contributed by atoms with Crippen molar-refractivity contribution in [2.24, 2.45) is 0 Å². The summed E-state index contributed by atoms with van der Waals surface area (Å²) in [6, 6.07) is 0. The summed E-state index contributed by atoms with van der Waals surface area (Å²) in [6.45, 7) is 2.26. The first-order valence-corrected chi connectivity index (χ1v) is 2.71. The molecule has 0 heterocycles. The molecule has 0 unspecified atom stereocenters. The van der Waals surface area contributed by atoms with Gasteiger partial charge in [-0.1, -0.05) is 12.8 Å². The maximum Gasteiger partial charge on any atom is 4.00 e. The van der Waals surface area contributed by atoms with Crippen LogP contribution in [-0.2, 0) is 21.1 Å².